The molecule has 0 aliphatic carbocycles. The number of guanidine groups is 1. The summed E-state index contributed by atoms with van der Waals surface area (Å²) in [6, 6.07) is 6.88. The highest BCUT2D eigenvalue weighted by Gasteiger charge is 2.19. The predicted octanol–water partition coefficient (Wildman–Crippen LogP) is 1.28. The van der Waals surface area contributed by atoms with Crippen molar-refractivity contribution in [2.45, 2.75) is 6.92 Å². The monoisotopic (exact) mass is 250 g/mol. The van der Waals surface area contributed by atoms with Crippen molar-refractivity contribution in [3.63, 3.8) is 0 Å². The lowest BCUT2D eigenvalue weighted by atomic mass is 10.2. The van der Waals surface area contributed by atoms with E-state index in [4.69, 9.17) is 5.73 Å². The largest absolute Gasteiger partial charge is 0.370 e. The third-order valence-electron chi connectivity index (χ3n) is 3.12. The fourth-order valence-electron chi connectivity index (χ4n) is 2.15. The summed E-state index contributed by atoms with van der Waals surface area (Å²) in [5.41, 5.74) is 6.53. The molecule has 1 aromatic carbocycles. The van der Waals surface area contributed by atoms with Gasteiger partial charge in [0.1, 0.15) is 5.82 Å². The van der Waals surface area contributed by atoms with Gasteiger partial charge in [-0.15, -0.1) is 0 Å². The maximum Gasteiger partial charge on any atom is 0.191 e. The van der Waals surface area contributed by atoms with Crippen LogP contribution in [0.25, 0.3) is 0 Å². The Morgan fingerprint density at radius 3 is 2.56 bits per heavy atom. The number of piperazine rings is 1. The summed E-state index contributed by atoms with van der Waals surface area (Å²) in [5.74, 6) is 0.423. The topological polar surface area (TPSA) is 44.9 Å². The normalized spacial score (nSPS) is 17.1. The first-order valence-corrected chi connectivity index (χ1v) is 6.26. The molecule has 2 N–H and O–H groups in total. The molecule has 18 heavy (non-hydrogen) atoms. The zero-order valence-corrected chi connectivity index (χ0v) is 10.6. The van der Waals surface area contributed by atoms with Gasteiger partial charge in [0, 0.05) is 32.7 Å². The van der Waals surface area contributed by atoms with Crippen LogP contribution in [-0.2, 0) is 0 Å². The minimum atomic E-state index is -0.166. The number of benzene rings is 1. The second-order valence-electron chi connectivity index (χ2n) is 4.26. The van der Waals surface area contributed by atoms with E-state index < -0.39 is 0 Å². The highest BCUT2D eigenvalue weighted by molar-refractivity contribution is 5.78. The molecule has 1 fully saturated rings. The molecule has 1 aromatic rings. The summed E-state index contributed by atoms with van der Waals surface area (Å²) in [6.07, 6.45) is 0. The molecule has 5 heteroatoms. The van der Waals surface area contributed by atoms with Crippen LogP contribution in [0.4, 0.5) is 10.1 Å². The molecule has 0 amide bonds. The summed E-state index contributed by atoms with van der Waals surface area (Å²) in [7, 11) is 0. The molecule has 0 radical (unpaired) electrons. The molecule has 2 rings (SSSR count). The lowest BCUT2D eigenvalue weighted by Gasteiger charge is -2.36. The van der Waals surface area contributed by atoms with Crippen molar-refractivity contribution < 1.29 is 4.39 Å². The van der Waals surface area contributed by atoms with Crippen molar-refractivity contribution in [3.8, 4) is 0 Å². The van der Waals surface area contributed by atoms with Gasteiger partial charge in [-0.3, -0.25) is 4.99 Å². The molecule has 4 nitrogen and oxygen atoms in total. The van der Waals surface area contributed by atoms with Crippen LogP contribution in [0.3, 0.4) is 0 Å². The number of halogens is 1. The summed E-state index contributed by atoms with van der Waals surface area (Å²) in [5, 5.41) is 0. The van der Waals surface area contributed by atoms with Gasteiger partial charge in [-0.2, -0.15) is 0 Å². The van der Waals surface area contributed by atoms with E-state index in [2.05, 4.69) is 4.99 Å². The Labute approximate surface area is 107 Å². The van der Waals surface area contributed by atoms with E-state index in [0.717, 1.165) is 26.2 Å². The third kappa shape index (κ3) is 2.72. The number of nitrogens with two attached hydrogens (primary N) is 1. The van der Waals surface area contributed by atoms with Crippen LogP contribution in [-0.4, -0.2) is 43.6 Å². The molecule has 98 valence electrons. The van der Waals surface area contributed by atoms with Gasteiger partial charge >= 0.3 is 0 Å². The smallest absolute Gasteiger partial charge is 0.191 e. The lowest BCUT2D eigenvalue weighted by Crippen LogP contribution is -2.51. The summed E-state index contributed by atoms with van der Waals surface area (Å²) >= 11 is 0. The van der Waals surface area contributed by atoms with Crippen LogP contribution >= 0.6 is 0 Å². The van der Waals surface area contributed by atoms with Crippen LogP contribution in [0.2, 0.25) is 0 Å². The quantitative estimate of drug-likeness (QED) is 0.635. The molecule has 0 saturated carbocycles. The minimum Gasteiger partial charge on any atom is -0.370 e. The first-order chi connectivity index (χ1) is 8.72. The molecule has 1 aliphatic rings. The first-order valence-electron chi connectivity index (χ1n) is 6.26. The Hall–Kier alpha value is -1.78. The summed E-state index contributed by atoms with van der Waals surface area (Å²) in [6.45, 7) is 5.75. The molecule has 1 aliphatic heterocycles. The average Bonchev–Trinajstić information content (AvgIpc) is 2.40. The van der Waals surface area contributed by atoms with Crippen molar-refractivity contribution in [2.75, 3.05) is 37.6 Å². The lowest BCUT2D eigenvalue weighted by molar-refractivity contribution is 0.379. The molecule has 1 saturated heterocycles. The Bertz CT molecular complexity index is 425. The van der Waals surface area contributed by atoms with Gasteiger partial charge in [0.05, 0.1) is 5.69 Å². The van der Waals surface area contributed by atoms with E-state index in [1.54, 1.807) is 6.07 Å². The minimum absolute atomic E-state index is 0.166. The van der Waals surface area contributed by atoms with Crippen molar-refractivity contribution in [2.24, 2.45) is 10.7 Å². The van der Waals surface area contributed by atoms with Gasteiger partial charge in [0.25, 0.3) is 0 Å². The number of hydrogen-bond donors (Lipinski definition) is 1. The highest BCUT2D eigenvalue weighted by Crippen LogP contribution is 2.19. The summed E-state index contributed by atoms with van der Waals surface area (Å²) in [4.78, 5) is 8.28. The van der Waals surface area contributed by atoms with Gasteiger partial charge in [-0.05, 0) is 19.1 Å². The molecular weight excluding hydrogens is 231 g/mol. The Morgan fingerprint density at radius 2 is 1.94 bits per heavy atom. The molecule has 0 unspecified atom stereocenters. The fraction of sp³-hybridized carbons (Fsp3) is 0.462. The average molecular weight is 250 g/mol. The fourth-order valence-corrected chi connectivity index (χ4v) is 2.15. The zero-order chi connectivity index (χ0) is 13.0. The van der Waals surface area contributed by atoms with Gasteiger partial charge in [0.15, 0.2) is 5.96 Å². The van der Waals surface area contributed by atoms with E-state index in [1.807, 2.05) is 28.9 Å². The molecule has 0 bridgehead atoms. The van der Waals surface area contributed by atoms with Crippen LogP contribution < -0.4 is 10.6 Å². The van der Waals surface area contributed by atoms with Gasteiger partial charge < -0.3 is 15.5 Å². The molecule has 1 heterocycles. The number of nitrogens with zero attached hydrogens (tertiary/aromatic N) is 3. The summed E-state index contributed by atoms with van der Waals surface area (Å²) < 4.78 is 13.6. The van der Waals surface area contributed by atoms with Crippen molar-refractivity contribution in [1.29, 1.82) is 0 Å². The predicted molar refractivity (Wildman–Crippen MR) is 72.3 cm³/mol. The first kappa shape index (κ1) is 12.7. The van der Waals surface area contributed by atoms with E-state index in [1.165, 1.54) is 6.07 Å². The molecule has 0 aromatic heterocycles. The van der Waals surface area contributed by atoms with E-state index >= 15 is 0 Å². The van der Waals surface area contributed by atoms with Crippen molar-refractivity contribution >= 4 is 11.6 Å². The van der Waals surface area contributed by atoms with Crippen molar-refractivity contribution in [3.05, 3.63) is 30.1 Å². The van der Waals surface area contributed by atoms with Crippen LogP contribution in [0.1, 0.15) is 6.92 Å². The molecule has 0 atom stereocenters. The zero-order valence-electron chi connectivity index (χ0n) is 10.6. The number of hydrogen-bond acceptors (Lipinski definition) is 2. The third-order valence-corrected chi connectivity index (χ3v) is 3.12. The van der Waals surface area contributed by atoms with E-state index in [-0.39, 0.29) is 5.82 Å². The van der Waals surface area contributed by atoms with Crippen LogP contribution in [0.15, 0.2) is 29.3 Å². The maximum absolute atomic E-state index is 13.6. The van der Waals surface area contributed by atoms with E-state index in [0.29, 0.717) is 18.2 Å². The Balaban J connectivity index is 1.99. The standard InChI is InChI=1S/C13H19FN4/c1-2-16-13(15)18-9-7-17(8-10-18)12-6-4-3-5-11(12)14/h3-6H,2,7-10H2,1H3,(H2,15,16). The second kappa shape index (κ2) is 5.71. The number of anilines is 1. The number of para-hydroxylation sites is 1. The molecule has 0 spiro atoms. The van der Waals surface area contributed by atoms with E-state index in [9.17, 15) is 4.39 Å². The van der Waals surface area contributed by atoms with Crippen LogP contribution in [0, 0.1) is 5.82 Å². The number of aliphatic imine (C=N–C) groups is 1. The van der Waals surface area contributed by atoms with Gasteiger partial charge in [-0.25, -0.2) is 4.39 Å². The van der Waals surface area contributed by atoms with Crippen molar-refractivity contribution in [1.82, 2.24) is 4.90 Å². The van der Waals surface area contributed by atoms with Gasteiger partial charge in [-0.1, -0.05) is 12.1 Å². The van der Waals surface area contributed by atoms with Gasteiger partial charge in [0.2, 0.25) is 0 Å². The number of rotatable bonds is 2. The Morgan fingerprint density at radius 1 is 1.28 bits per heavy atom. The Kier molecular flexibility index (Phi) is 4.02. The SMILES string of the molecule is CCN=C(N)N1CCN(c2ccccc2F)CC1. The maximum atomic E-state index is 13.6. The van der Waals surface area contributed by atoms with Crippen LogP contribution in [0.5, 0.6) is 0 Å². The molecular formula is C13H19FN4. The second-order valence-corrected chi connectivity index (χ2v) is 4.26. The highest BCUT2D eigenvalue weighted by atomic mass is 19.1.